The van der Waals surface area contributed by atoms with Crippen LogP contribution in [0.15, 0.2) is 10.8 Å². The third-order valence-corrected chi connectivity index (χ3v) is 3.80. The Morgan fingerprint density at radius 1 is 1.42 bits per heavy atom. The van der Waals surface area contributed by atoms with E-state index in [0.29, 0.717) is 18.5 Å². The summed E-state index contributed by atoms with van der Waals surface area (Å²) in [7, 11) is 0. The molecule has 1 aromatic heterocycles. The van der Waals surface area contributed by atoms with E-state index in [0.717, 1.165) is 19.3 Å². The summed E-state index contributed by atoms with van der Waals surface area (Å²) in [5.74, 6) is -1.08. The molecule has 19 heavy (non-hydrogen) atoms. The second kappa shape index (κ2) is 5.42. The average molecular weight is 266 g/mol. The maximum Gasteiger partial charge on any atom is 0.311 e. The Morgan fingerprint density at radius 2 is 2.11 bits per heavy atom. The number of aliphatic carboxylic acids is 1. The summed E-state index contributed by atoms with van der Waals surface area (Å²) in [6.07, 6.45) is 5.27. The third-order valence-electron chi connectivity index (χ3n) is 3.80. The molecule has 1 saturated carbocycles. The molecule has 1 aliphatic carbocycles. The van der Waals surface area contributed by atoms with Crippen LogP contribution < -0.4 is 5.32 Å². The number of carboxylic acid groups (broad SMARTS) is 1. The Balaban J connectivity index is 2.02. The van der Waals surface area contributed by atoms with Gasteiger partial charge >= 0.3 is 5.97 Å². The summed E-state index contributed by atoms with van der Waals surface area (Å²) in [6, 6.07) is 0. The summed E-state index contributed by atoms with van der Waals surface area (Å²) in [5.41, 5.74) is -0.326. The first-order valence-corrected chi connectivity index (χ1v) is 6.47. The van der Waals surface area contributed by atoms with Crippen LogP contribution >= 0.6 is 0 Å². The van der Waals surface area contributed by atoms with Crippen LogP contribution in [-0.2, 0) is 4.79 Å². The Labute approximate surface area is 111 Å². The highest BCUT2D eigenvalue weighted by Crippen LogP contribution is 2.36. The molecule has 104 valence electrons. The molecule has 1 amide bonds. The van der Waals surface area contributed by atoms with Crippen molar-refractivity contribution < 1.29 is 19.1 Å². The average Bonchev–Trinajstić information content (AvgIpc) is 2.83. The first kappa shape index (κ1) is 13.6. The molecule has 1 fully saturated rings. The number of hydrogen-bond donors (Lipinski definition) is 2. The van der Waals surface area contributed by atoms with Crippen LogP contribution in [0.2, 0.25) is 0 Å². The van der Waals surface area contributed by atoms with Gasteiger partial charge in [0.25, 0.3) is 5.91 Å². The Kier molecular flexibility index (Phi) is 3.87. The number of aromatic nitrogens is 1. The van der Waals surface area contributed by atoms with E-state index < -0.39 is 17.3 Å². The molecule has 2 N–H and O–H groups in total. The predicted molar refractivity (Wildman–Crippen MR) is 66.7 cm³/mol. The van der Waals surface area contributed by atoms with Gasteiger partial charge in [-0.05, 0) is 19.8 Å². The molecule has 1 aliphatic rings. The normalized spacial score (nSPS) is 17.9. The minimum Gasteiger partial charge on any atom is -0.481 e. The summed E-state index contributed by atoms with van der Waals surface area (Å²) in [6.45, 7) is 1.81. The lowest BCUT2D eigenvalue weighted by molar-refractivity contribution is -0.150. The standard InChI is InChI=1S/C13H18N2O4/c1-9-10(19-8-15-9)11(16)14-7-13(12(17)18)5-3-2-4-6-13/h8H,2-7H2,1H3,(H,14,16)(H,17,18). The number of hydrogen-bond acceptors (Lipinski definition) is 4. The number of carbonyl (C=O) groups excluding carboxylic acids is 1. The number of amides is 1. The molecule has 0 spiro atoms. The van der Waals surface area contributed by atoms with E-state index in [2.05, 4.69) is 10.3 Å². The Bertz CT molecular complexity index is 475. The van der Waals surface area contributed by atoms with Gasteiger partial charge in [0.2, 0.25) is 5.76 Å². The number of aryl methyl sites for hydroxylation is 1. The number of carboxylic acids is 1. The van der Waals surface area contributed by atoms with Crippen LogP contribution in [0.4, 0.5) is 0 Å². The first-order valence-electron chi connectivity index (χ1n) is 6.47. The fraction of sp³-hybridized carbons (Fsp3) is 0.615. The Hall–Kier alpha value is -1.85. The quantitative estimate of drug-likeness (QED) is 0.866. The zero-order valence-corrected chi connectivity index (χ0v) is 10.9. The number of nitrogens with zero attached hydrogens (tertiary/aromatic N) is 1. The van der Waals surface area contributed by atoms with E-state index in [9.17, 15) is 14.7 Å². The zero-order valence-electron chi connectivity index (χ0n) is 10.9. The van der Waals surface area contributed by atoms with Gasteiger partial charge in [-0.3, -0.25) is 9.59 Å². The minimum absolute atomic E-state index is 0.140. The van der Waals surface area contributed by atoms with Gasteiger partial charge in [0, 0.05) is 6.54 Å². The van der Waals surface area contributed by atoms with Crippen LogP contribution in [0.5, 0.6) is 0 Å². The first-order chi connectivity index (χ1) is 9.05. The number of rotatable bonds is 4. The molecule has 0 unspecified atom stereocenters. The van der Waals surface area contributed by atoms with Crippen molar-refractivity contribution >= 4 is 11.9 Å². The summed E-state index contributed by atoms with van der Waals surface area (Å²) < 4.78 is 4.99. The van der Waals surface area contributed by atoms with Crippen LogP contribution in [0.1, 0.15) is 48.4 Å². The summed E-state index contributed by atoms with van der Waals surface area (Å²) in [5, 5.41) is 12.1. The predicted octanol–water partition coefficient (Wildman–Crippen LogP) is 1.75. The molecule has 6 nitrogen and oxygen atoms in total. The lowest BCUT2D eigenvalue weighted by Crippen LogP contribution is -2.44. The molecule has 6 heteroatoms. The van der Waals surface area contributed by atoms with Gasteiger partial charge in [-0.1, -0.05) is 19.3 Å². The topological polar surface area (TPSA) is 92.4 Å². The maximum atomic E-state index is 11.9. The van der Waals surface area contributed by atoms with Gasteiger partial charge in [-0.2, -0.15) is 0 Å². The summed E-state index contributed by atoms with van der Waals surface area (Å²) in [4.78, 5) is 27.2. The minimum atomic E-state index is -0.832. The molecule has 1 aromatic rings. The van der Waals surface area contributed by atoms with E-state index in [4.69, 9.17) is 4.42 Å². The second-order valence-corrected chi connectivity index (χ2v) is 5.10. The van der Waals surface area contributed by atoms with Gasteiger partial charge in [-0.25, -0.2) is 4.98 Å². The fourth-order valence-electron chi connectivity index (χ4n) is 2.54. The lowest BCUT2D eigenvalue weighted by Gasteiger charge is -2.33. The van der Waals surface area contributed by atoms with Crippen molar-refractivity contribution in [1.82, 2.24) is 10.3 Å². The van der Waals surface area contributed by atoms with Crippen molar-refractivity contribution in [1.29, 1.82) is 0 Å². The molecular formula is C13H18N2O4. The molecule has 2 rings (SSSR count). The van der Waals surface area contributed by atoms with Gasteiger partial charge in [0.1, 0.15) is 0 Å². The van der Waals surface area contributed by atoms with Crippen molar-refractivity contribution in [3.8, 4) is 0 Å². The highest BCUT2D eigenvalue weighted by molar-refractivity contribution is 5.92. The van der Waals surface area contributed by atoms with Gasteiger partial charge in [0.05, 0.1) is 11.1 Å². The third kappa shape index (κ3) is 2.77. The molecule has 0 saturated heterocycles. The van der Waals surface area contributed by atoms with Crippen molar-refractivity contribution in [2.24, 2.45) is 5.41 Å². The SMILES string of the molecule is Cc1ncoc1C(=O)NCC1(C(=O)O)CCCCC1. The van der Waals surface area contributed by atoms with E-state index in [-0.39, 0.29) is 12.3 Å². The van der Waals surface area contributed by atoms with E-state index in [1.165, 1.54) is 6.39 Å². The van der Waals surface area contributed by atoms with Crippen molar-refractivity contribution in [2.45, 2.75) is 39.0 Å². The number of oxazole rings is 1. The fourth-order valence-corrected chi connectivity index (χ4v) is 2.54. The zero-order chi connectivity index (χ0) is 13.9. The molecular weight excluding hydrogens is 248 g/mol. The summed E-state index contributed by atoms with van der Waals surface area (Å²) >= 11 is 0. The Morgan fingerprint density at radius 3 is 2.63 bits per heavy atom. The maximum absolute atomic E-state index is 11.9. The molecule has 0 aromatic carbocycles. The van der Waals surface area contributed by atoms with Gasteiger partial charge in [0.15, 0.2) is 6.39 Å². The number of carbonyl (C=O) groups is 2. The van der Waals surface area contributed by atoms with Crippen LogP contribution in [0, 0.1) is 12.3 Å². The lowest BCUT2D eigenvalue weighted by atomic mass is 9.74. The van der Waals surface area contributed by atoms with Gasteiger partial charge in [-0.15, -0.1) is 0 Å². The van der Waals surface area contributed by atoms with Crippen molar-refractivity contribution in [2.75, 3.05) is 6.54 Å². The smallest absolute Gasteiger partial charge is 0.311 e. The molecule has 0 radical (unpaired) electrons. The molecule has 0 bridgehead atoms. The second-order valence-electron chi connectivity index (χ2n) is 5.10. The van der Waals surface area contributed by atoms with E-state index in [1.54, 1.807) is 6.92 Å². The van der Waals surface area contributed by atoms with Crippen molar-refractivity contribution in [3.63, 3.8) is 0 Å². The molecule has 0 atom stereocenters. The monoisotopic (exact) mass is 266 g/mol. The van der Waals surface area contributed by atoms with E-state index in [1.807, 2.05) is 0 Å². The largest absolute Gasteiger partial charge is 0.481 e. The van der Waals surface area contributed by atoms with Crippen LogP contribution in [0.3, 0.4) is 0 Å². The van der Waals surface area contributed by atoms with E-state index >= 15 is 0 Å². The highest BCUT2D eigenvalue weighted by Gasteiger charge is 2.40. The van der Waals surface area contributed by atoms with Crippen LogP contribution in [-0.4, -0.2) is 28.5 Å². The van der Waals surface area contributed by atoms with Crippen molar-refractivity contribution in [3.05, 3.63) is 17.8 Å². The highest BCUT2D eigenvalue weighted by atomic mass is 16.4. The van der Waals surface area contributed by atoms with Crippen LogP contribution in [0.25, 0.3) is 0 Å². The molecule has 1 heterocycles. The molecule has 0 aliphatic heterocycles. The number of nitrogens with one attached hydrogen (secondary N) is 1. The van der Waals surface area contributed by atoms with Gasteiger partial charge < -0.3 is 14.8 Å².